The smallest absolute Gasteiger partial charge is 0.279 e. The molecule has 0 fully saturated rings. The second kappa shape index (κ2) is 6.83. The topological polar surface area (TPSA) is 64.0 Å². The fourth-order valence-electron chi connectivity index (χ4n) is 2.79. The maximum atomic E-state index is 12.6. The minimum absolute atomic E-state index is 0.127. The van der Waals surface area contributed by atoms with Crippen LogP contribution in [0.15, 0.2) is 38.7 Å². The van der Waals surface area contributed by atoms with Crippen molar-refractivity contribution in [2.24, 2.45) is 7.05 Å². The number of nitrogens with one attached hydrogen (secondary N) is 1. The van der Waals surface area contributed by atoms with Crippen molar-refractivity contribution in [1.29, 1.82) is 0 Å². The number of hydrogen-bond acceptors (Lipinski definition) is 4. The van der Waals surface area contributed by atoms with Crippen molar-refractivity contribution in [2.75, 3.05) is 11.1 Å². The first-order valence-electron chi connectivity index (χ1n) is 7.24. The Morgan fingerprint density at radius 2 is 2.21 bits per heavy atom. The van der Waals surface area contributed by atoms with Gasteiger partial charge in [0.25, 0.3) is 5.56 Å². The normalized spacial score (nSPS) is 16.2. The van der Waals surface area contributed by atoms with E-state index in [-0.39, 0.29) is 23.8 Å². The number of fused-ring (bicyclic) bond motifs is 1. The summed E-state index contributed by atoms with van der Waals surface area (Å²) in [6.45, 7) is 0. The summed E-state index contributed by atoms with van der Waals surface area (Å²) in [6, 6.07) is 7.60. The lowest BCUT2D eigenvalue weighted by Crippen LogP contribution is -2.33. The highest BCUT2D eigenvalue weighted by atomic mass is 79.9. The van der Waals surface area contributed by atoms with Crippen molar-refractivity contribution >= 4 is 39.4 Å². The summed E-state index contributed by atoms with van der Waals surface area (Å²) >= 11 is 4.80. The Kier molecular flexibility index (Phi) is 4.78. The standard InChI is InChI=1S/C17H14BrN3O2S/c1-3-8-24-17-20-16(23)14-11(10-6-4-5-7-12(10)18)9-13(22)19-15(14)21(17)2/h1,4-7,11H,8-9H2,2H3,(H,19,22). The number of hydrogen-bond donors (Lipinski definition) is 1. The average Bonchev–Trinajstić information content (AvgIpc) is 2.56. The van der Waals surface area contributed by atoms with Crippen LogP contribution in [0.5, 0.6) is 0 Å². The molecule has 0 saturated carbocycles. The second-order valence-electron chi connectivity index (χ2n) is 5.34. The van der Waals surface area contributed by atoms with Gasteiger partial charge in [-0.15, -0.1) is 6.42 Å². The largest absolute Gasteiger partial charge is 0.312 e. The van der Waals surface area contributed by atoms with E-state index in [1.54, 1.807) is 11.6 Å². The molecule has 1 aliphatic rings. The van der Waals surface area contributed by atoms with Gasteiger partial charge in [0, 0.05) is 23.9 Å². The third kappa shape index (κ3) is 2.99. The summed E-state index contributed by atoms with van der Waals surface area (Å²) in [4.78, 5) is 29.0. The fraction of sp³-hybridized carbons (Fsp3) is 0.235. The van der Waals surface area contributed by atoms with E-state index in [0.717, 1.165) is 10.0 Å². The molecule has 0 aliphatic carbocycles. The molecule has 1 aliphatic heterocycles. The monoisotopic (exact) mass is 403 g/mol. The van der Waals surface area contributed by atoms with Crippen LogP contribution in [0.25, 0.3) is 0 Å². The van der Waals surface area contributed by atoms with Crippen LogP contribution in [0.4, 0.5) is 5.82 Å². The average molecular weight is 404 g/mol. The molecular weight excluding hydrogens is 390 g/mol. The third-order valence-corrected chi connectivity index (χ3v) is 5.52. The first-order chi connectivity index (χ1) is 11.5. The Morgan fingerprint density at radius 1 is 1.46 bits per heavy atom. The molecule has 1 aromatic heterocycles. The van der Waals surface area contributed by atoms with Crippen LogP contribution < -0.4 is 10.9 Å². The summed E-state index contributed by atoms with van der Waals surface area (Å²) < 4.78 is 2.59. The maximum Gasteiger partial charge on any atom is 0.279 e. The molecule has 5 nitrogen and oxygen atoms in total. The van der Waals surface area contributed by atoms with Crippen molar-refractivity contribution < 1.29 is 4.79 Å². The summed E-state index contributed by atoms with van der Waals surface area (Å²) in [5, 5.41) is 3.30. The number of rotatable bonds is 3. The van der Waals surface area contributed by atoms with Crippen LogP contribution >= 0.6 is 27.7 Å². The highest BCUT2D eigenvalue weighted by molar-refractivity contribution is 9.10. The highest BCUT2D eigenvalue weighted by Gasteiger charge is 2.32. The summed E-state index contributed by atoms with van der Waals surface area (Å²) in [7, 11) is 1.77. The fourth-order valence-corrected chi connectivity index (χ4v) is 4.00. The molecule has 1 atom stereocenters. The molecule has 0 bridgehead atoms. The van der Waals surface area contributed by atoms with Gasteiger partial charge < -0.3 is 9.88 Å². The van der Waals surface area contributed by atoms with Crippen LogP contribution in [0.1, 0.15) is 23.5 Å². The van der Waals surface area contributed by atoms with Crippen LogP contribution in [0.3, 0.4) is 0 Å². The molecular formula is C17H14BrN3O2S. The molecule has 0 spiro atoms. The molecule has 1 aromatic carbocycles. The quantitative estimate of drug-likeness (QED) is 0.486. The summed E-state index contributed by atoms with van der Waals surface area (Å²) in [5.41, 5.74) is 1.08. The van der Waals surface area contributed by atoms with Crippen LogP contribution in [0.2, 0.25) is 0 Å². The maximum absolute atomic E-state index is 12.6. The van der Waals surface area contributed by atoms with Gasteiger partial charge in [0.1, 0.15) is 5.82 Å². The van der Waals surface area contributed by atoms with E-state index in [1.807, 2.05) is 24.3 Å². The van der Waals surface area contributed by atoms with Gasteiger partial charge in [0.15, 0.2) is 5.16 Å². The third-order valence-electron chi connectivity index (χ3n) is 3.87. The van der Waals surface area contributed by atoms with Gasteiger partial charge in [-0.1, -0.05) is 51.8 Å². The molecule has 1 unspecified atom stereocenters. The minimum Gasteiger partial charge on any atom is -0.312 e. The van der Waals surface area contributed by atoms with E-state index in [4.69, 9.17) is 6.42 Å². The van der Waals surface area contributed by atoms with Gasteiger partial charge in [-0.2, -0.15) is 4.98 Å². The zero-order valence-electron chi connectivity index (χ0n) is 12.9. The zero-order chi connectivity index (χ0) is 17.3. The summed E-state index contributed by atoms with van der Waals surface area (Å²) in [5.74, 6) is 2.94. The molecule has 1 amide bonds. The van der Waals surface area contributed by atoms with E-state index < -0.39 is 0 Å². The van der Waals surface area contributed by atoms with Crippen molar-refractivity contribution in [3.63, 3.8) is 0 Å². The van der Waals surface area contributed by atoms with E-state index >= 15 is 0 Å². The van der Waals surface area contributed by atoms with Crippen molar-refractivity contribution in [1.82, 2.24) is 9.55 Å². The number of aromatic nitrogens is 2. The minimum atomic E-state index is -0.331. The molecule has 2 aromatic rings. The van der Waals surface area contributed by atoms with Gasteiger partial charge in [0.05, 0.1) is 11.3 Å². The number of carbonyl (C=O) groups excluding carboxylic acids is 1. The number of carbonyl (C=O) groups is 1. The molecule has 2 heterocycles. The molecule has 3 rings (SSSR count). The van der Waals surface area contributed by atoms with Crippen LogP contribution in [-0.2, 0) is 11.8 Å². The molecule has 0 radical (unpaired) electrons. The van der Waals surface area contributed by atoms with Crippen LogP contribution in [-0.4, -0.2) is 21.2 Å². The van der Waals surface area contributed by atoms with Crippen molar-refractivity contribution in [3.05, 3.63) is 50.2 Å². The lowest BCUT2D eigenvalue weighted by atomic mass is 9.87. The molecule has 0 saturated heterocycles. The van der Waals surface area contributed by atoms with Gasteiger partial charge in [-0.3, -0.25) is 9.59 Å². The zero-order valence-corrected chi connectivity index (χ0v) is 15.3. The number of nitrogens with zero attached hydrogens (tertiary/aromatic N) is 2. The van der Waals surface area contributed by atoms with Crippen LogP contribution in [0, 0.1) is 12.3 Å². The predicted molar refractivity (Wildman–Crippen MR) is 98.3 cm³/mol. The van der Waals surface area contributed by atoms with Gasteiger partial charge in [-0.05, 0) is 11.6 Å². The van der Waals surface area contributed by atoms with Gasteiger partial charge in [-0.25, -0.2) is 0 Å². The van der Waals surface area contributed by atoms with Gasteiger partial charge >= 0.3 is 0 Å². The number of terminal acetylenes is 1. The Hall–Kier alpha value is -2.04. The second-order valence-corrected chi connectivity index (χ2v) is 7.14. The molecule has 24 heavy (non-hydrogen) atoms. The Labute approximate surface area is 152 Å². The molecule has 122 valence electrons. The lowest BCUT2D eigenvalue weighted by Gasteiger charge is -2.28. The van der Waals surface area contributed by atoms with Crippen molar-refractivity contribution in [2.45, 2.75) is 17.5 Å². The number of amides is 1. The van der Waals surface area contributed by atoms with E-state index in [1.165, 1.54) is 11.8 Å². The number of anilines is 1. The van der Waals surface area contributed by atoms with E-state index in [2.05, 4.69) is 32.2 Å². The van der Waals surface area contributed by atoms with Crippen molar-refractivity contribution in [3.8, 4) is 12.3 Å². The highest BCUT2D eigenvalue weighted by Crippen LogP contribution is 2.38. The summed E-state index contributed by atoms with van der Waals surface area (Å²) in [6.07, 6.45) is 5.49. The van der Waals surface area contributed by atoms with E-state index in [9.17, 15) is 9.59 Å². The Balaban J connectivity index is 2.19. The van der Waals surface area contributed by atoms with Gasteiger partial charge in [0.2, 0.25) is 5.91 Å². The number of thioether (sulfide) groups is 1. The molecule has 7 heteroatoms. The Morgan fingerprint density at radius 3 is 2.92 bits per heavy atom. The van der Waals surface area contributed by atoms with E-state index in [0.29, 0.717) is 22.3 Å². The molecule has 1 N–H and O–H groups in total. The number of halogens is 1. The first kappa shape index (κ1) is 16.8. The SMILES string of the molecule is C#CCSc1nc(=O)c2c(n1C)NC(=O)CC2c1ccccc1Br. The predicted octanol–water partition coefficient (Wildman–Crippen LogP) is 2.74. The Bertz CT molecular complexity index is 917. The first-order valence-corrected chi connectivity index (χ1v) is 9.02. The number of benzene rings is 1. The lowest BCUT2D eigenvalue weighted by molar-refractivity contribution is -0.116.